The summed E-state index contributed by atoms with van der Waals surface area (Å²) in [4.78, 5) is 32.1. The lowest BCUT2D eigenvalue weighted by atomic mass is 10.0. The second-order valence-electron chi connectivity index (χ2n) is 7.69. The minimum atomic E-state index is -0.177. The number of aromatic nitrogens is 2. The predicted molar refractivity (Wildman–Crippen MR) is 113 cm³/mol. The molecule has 30 heavy (non-hydrogen) atoms. The van der Waals surface area contributed by atoms with Crippen LogP contribution in [0.2, 0.25) is 5.02 Å². The van der Waals surface area contributed by atoms with E-state index in [4.69, 9.17) is 16.1 Å². The number of benzene rings is 1. The van der Waals surface area contributed by atoms with E-state index in [9.17, 15) is 9.59 Å². The maximum absolute atomic E-state index is 12.7. The Morgan fingerprint density at radius 2 is 2.23 bits per heavy atom. The van der Waals surface area contributed by atoms with Crippen molar-refractivity contribution in [1.82, 2.24) is 25.3 Å². The number of likely N-dealkylation sites (tertiary alicyclic amines) is 1. The van der Waals surface area contributed by atoms with Gasteiger partial charge >= 0.3 is 6.03 Å². The zero-order chi connectivity index (χ0) is 21.3. The Balaban J connectivity index is 1.35. The van der Waals surface area contributed by atoms with Crippen LogP contribution in [0.3, 0.4) is 0 Å². The van der Waals surface area contributed by atoms with E-state index in [0.717, 1.165) is 29.4 Å². The van der Waals surface area contributed by atoms with E-state index in [1.54, 1.807) is 23.8 Å². The second-order valence-corrected chi connectivity index (χ2v) is 8.13. The van der Waals surface area contributed by atoms with Gasteiger partial charge in [-0.25, -0.2) is 4.79 Å². The minimum absolute atomic E-state index is 0.0589. The average Bonchev–Trinajstić information content (AvgIpc) is 3.36. The molecule has 3 heterocycles. The molecule has 0 saturated carbocycles. The number of nitrogens with one attached hydrogen (secondary N) is 2. The van der Waals surface area contributed by atoms with Crippen LogP contribution in [-0.4, -0.2) is 58.1 Å². The number of rotatable bonds is 4. The Hall–Kier alpha value is -3.00. The van der Waals surface area contributed by atoms with Crippen LogP contribution in [0.1, 0.15) is 34.6 Å². The van der Waals surface area contributed by atoms with Crippen LogP contribution < -0.4 is 5.32 Å². The second kappa shape index (κ2) is 8.39. The summed E-state index contributed by atoms with van der Waals surface area (Å²) in [5.41, 5.74) is 2.92. The molecular formula is C21H24ClN5O3. The van der Waals surface area contributed by atoms with Crippen LogP contribution in [-0.2, 0) is 6.54 Å². The highest BCUT2D eigenvalue weighted by atomic mass is 35.5. The molecule has 0 bridgehead atoms. The zero-order valence-electron chi connectivity index (χ0n) is 16.9. The van der Waals surface area contributed by atoms with Crippen molar-refractivity contribution >= 4 is 34.4 Å². The fourth-order valence-corrected chi connectivity index (χ4v) is 4.00. The Labute approximate surface area is 179 Å². The lowest BCUT2D eigenvalue weighted by Gasteiger charge is -2.37. The third-order valence-corrected chi connectivity index (χ3v) is 5.81. The third-order valence-electron chi connectivity index (χ3n) is 5.57. The number of amides is 3. The van der Waals surface area contributed by atoms with Crippen molar-refractivity contribution in [2.24, 2.45) is 0 Å². The first-order chi connectivity index (χ1) is 14.4. The average molecular weight is 430 g/mol. The largest absolute Gasteiger partial charge is 0.364 e. The molecule has 0 unspecified atom stereocenters. The maximum Gasteiger partial charge on any atom is 0.317 e. The van der Waals surface area contributed by atoms with Gasteiger partial charge in [0.2, 0.25) is 0 Å². The number of carbonyl (C=O) groups excluding carboxylic acids is 2. The number of fused-ring (bicyclic) bond motifs is 1. The van der Waals surface area contributed by atoms with Crippen LogP contribution in [0.15, 0.2) is 35.1 Å². The molecule has 1 aliphatic rings. The number of likely N-dealkylation sites (N-methyl/N-ethyl adjacent to an activating group) is 1. The van der Waals surface area contributed by atoms with Gasteiger partial charge in [-0.2, -0.15) is 0 Å². The quantitative estimate of drug-likeness (QED) is 0.662. The molecule has 9 heteroatoms. The number of carbonyl (C=O) groups is 2. The summed E-state index contributed by atoms with van der Waals surface area (Å²) in [6.07, 6.45) is 3.14. The molecule has 0 radical (unpaired) electrons. The Morgan fingerprint density at radius 1 is 1.40 bits per heavy atom. The van der Waals surface area contributed by atoms with Crippen molar-refractivity contribution < 1.29 is 14.1 Å². The summed E-state index contributed by atoms with van der Waals surface area (Å²) in [5, 5.41) is 8.44. The molecule has 4 rings (SSSR count). The lowest BCUT2D eigenvalue weighted by molar-refractivity contribution is 0.0625. The normalized spacial score (nSPS) is 16.6. The number of piperidine rings is 1. The first kappa shape index (κ1) is 20.3. The highest BCUT2D eigenvalue weighted by Gasteiger charge is 2.30. The molecule has 3 aromatic rings. The standard InChI is InChI=1S/C21H24ClN5O3/c1-13-12-30-25-19(13)20(28)27-7-3-4-17(11-27)26(2)21(29)23-10-16-9-14-8-15(22)5-6-18(14)24-16/h5-6,8-9,12,17,24H,3-4,7,10-11H2,1-2H3,(H,23,29)/t17-/m1/s1. The molecule has 1 aliphatic heterocycles. The lowest BCUT2D eigenvalue weighted by Crippen LogP contribution is -2.52. The molecule has 8 nitrogen and oxygen atoms in total. The molecule has 1 saturated heterocycles. The van der Waals surface area contributed by atoms with Crippen molar-refractivity contribution in [3.8, 4) is 0 Å². The number of H-pyrrole nitrogens is 1. The molecule has 0 aliphatic carbocycles. The molecule has 2 aromatic heterocycles. The van der Waals surface area contributed by atoms with Crippen molar-refractivity contribution in [2.75, 3.05) is 20.1 Å². The SMILES string of the molecule is Cc1conc1C(=O)N1CCC[C@@H](N(C)C(=O)NCc2cc3cc(Cl)ccc3[nH]2)C1. The first-order valence-electron chi connectivity index (χ1n) is 9.90. The van der Waals surface area contributed by atoms with Gasteiger partial charge in [0.15, 0.2) is 5.69 Å². The van der Waals surface area contributed by atoms with Crippen LogP contribution >= 0.6 is 11.6 Å². The van der Waals surface area contributed by atoms with Crippen molar-refractivity contribution in [3.05, 3.63) is 52.5 Å². The van der Waals surface area contributed by atoms with E-state index >= 15 is 0 Å². The molecule has 1 atom stereocenters. The molecule has 0 spiro atoms. The molecule has 1 aromatic carbocycles. The number of nitrogens with zero attached hydrogens (tertiary/aromatic N) is 3. The first-order valence-corrected chi connectivity index (χ1v) is 10.3. The molecule has 158 valence electrons. The molecular weight excluding hydrogens is 406 g/mol. The fraction of sp³-hybridized carbons (Fsp3) is 0.381. The van der Waals surface area contributed by atoms with E-state index in [1.807, 2.05) is 24.3 Å². The Morgan fingerprint density at radius 3 is 3.00 bits per heavy atom. The summed E-state index contributed by atoms with van der Waals surface area (Å²) in [6, 6.07) is 7.37. The number of halogens is 1. The van der Waals surface area contributed by atoms with Crippen LogP contribution in [0.4, 0.5) is 4.79 Å². The van der Waals surface area contributed by atoms with E-state index < -0.39 is 0 Å². The van der Waals surface area contributed by atoms with Crippen LogP contribution in [0.25, 0.3) is 10.9 Å². The number of aryl methyl sites for hydroxylation is 1. The summed E-state index contributed by atoms with van der Waals surface area (Å²) in [7, 11) is 1.76. The van der Waals surface area contributed by atoms with E-state index in [-0.39, 0.29) is 18.0 Å². The van der Waals surface area contributed by atoms with Gasteiger partial charge in [-0.3, -0.25) is 4.79 Å². The third kappa shape index (κ3) is 4.14. The minimum Gasteiger partial charge on any atom is -0.364 e. The van der Waals surface area contributed by atoms with Gasteiger partial charge in [0, 0.05) is 47.3 Å². The van der Waals surface area contributed by atoms with Gasteiger partial charge in [-0.1, -0.05) is 16.8 Å². The van der Waals surface area contributed by atoms with Gasteiger partial charge in [0.25, 0.3) is 5.91 Å². The zero-order valence-corrected chi connectivity index (χ0v) is 17.7. The number of hydrogen-bond acceptors (Lipinski definition) is 4. The predicted octanol–water partition coefficient (Wildman–Crippen LogP) is 3.56. The molecule has 3 amide bonds. The Bertz CT molecular complexity index is 1080. The number of aromatic amines is 1. The van der Waals surface area contributed by atoms with Gasteiger partial charge in [-0.05, 0) is 44.0 Å². The van der Waals surface area contributed by atoms with Crippen molar-refractivity contribution in [3.63, 3.8) is 0 Å². The van der Waals surface area contributed by atoms with Crippen molar-refractivity contribution in [1.29, 1.82) is 0 Å². The van der Waals surface area contributed by atoms with Crippen LogP contribution in [0.5, 0.6) is 0 Å². The smallest absolute Gasteiger partial charge is 0.317 e. The number of urea groups is 1. The van der Waals surface area contributed by atoms with Gasteiger partial charge in [0.1, 0.15) is 6.26 Å². The van der Waals surface area contributed by atoms with Crippen LogP contribution in [0, 0.1) is 6.92 Å². The summed E-state index contributed by atoms with van der Waals surface area (Å²) in [5.74, 6) is -0.156. The summed E-state index contributed by atoms with van der Waals surface area (Å²) >= 11 is 6.03. The monoisotopic (exact) mass is 429 g/mol. The van der Waals surface area contributed by atoms with E-state index in [1.165, 1.54) is 6.26 Å². The summed E-state index contributed by atoms with van der Waals surface area (Å²) < 4.78 is 4.89. The highest BCUT2D eigenvalue weighted by Crippen LogP contribution is 2.21. The van der Waals surface area contributed by atoms with E-state index in [0.29, 0.717) is 35.9 Å². The van der Waals surface area contributed by atoms with E-state index in [2.05, 4.69) is 15.5 Å². The Kier molecular flexibility index (Phi) is 5.67. The highest BCUT2D eigenvalue weighted by molar-refractivity contribution is 6.31. The molecule has 2 N–H and O–H groups in total. The maximum atomic E-state index is 12.7. The number of hydrogen-bond donors (Lipinski definition) is 2. The topological polar surface area (TPSA) is 94.5 Å². The van der Waals surface area contributed by atoms with Gasteiger partial charge in [-0.15, -0.1) is 0 Å². The molecule has 1 fully saturated rings. The van der Waals surface area contributed by atoms with Gasteiger partial charge < -0.3 is 24.6 Å². The van der Waals surface area contributed by atoms with Crippen molar-refractivity contribution in [2.45, 2.75) is 32.4 Å². The summed E-state index contributed by atoms with van der Waals surface area (Å²) in [6.45, 7) is 3.29. The fourth-order valence-electron chi connectivity index (χ4n) is 3.82. The van der Waals surface area contributed by atoms with Gasteiger partial charge in [0.05, 0.1) is 12.6 Å².